The first-order valence-electron chi connectivity index (χ1n) is 8.62. The molecule has 0 atom stereocenters. The van der Waals surface area contributed by atoms with Crippen molar-refractivity contribution in [2.24, 2.45) is 7.05 Å². The third kappa shape index (κ3) is 3.83. The average Bonchev–Trinajstić information content (AvgIpc) is 3.31. The van der Waals surface area contributed by atoms with Crippen LogP contribution in [0.25, 0.3) is 28.0 Å². The molecule has 2 aromatic heterocycles. The minimum Gasteiger partial charge on any atom is -0.510 e. The zero-order valence-electron chi connectivity index (χ0n) is 15.3. The van der Waals surface area contributed by atoms with Crippen LogP contribution in [0.3, 0.4) is 0 Å². The monoisotopic (exact) mass is 422 g/mol. The molecule has 0 saturated heterocycles. The van der Waals surface area contributed by atoms with Crippen molar-refractivity contribution in [3.63, 3.8) is 0 Å². The molecule has 0 amide bonds. The van der Waals surface area contributed by atoms with E-state index in [4.69, 9.17) is 11.6 Å². The number of hydrogen-bond donors (Lipinski definition) is 2. The van der Waals surface area contributed by atoms with Gasteiger partial charge in [-0.15, -0.1) is 10.2 Å². The lowest BCUT2D eigenvalue weighted by atomic mass is 10.2. The number of thioether (sulfide) groups is 1. The van der Waals surface area contributed by atoms with E-state index in [1.54, 1.807) is 12.1 Å². The van der Waals surface area contributed by atoms with E-state index in [0.717, 1.165) is 16.6 Å². The molecule has 29 heavy (non-hydrogen) atoms. The van der Waals surface area contributed by atoms with E-state index in [1.807, 2.05) is 54.1 Å². The Labute approximate surface area is 175 Å². The minimum atomic E-state index is -0.0763. The molecule has 0 fully saturated rings. The number of H-pyrrole nitrogens is 1. The van der Waals surface area contributed by atoms with Gasteiger partial charge in [-0.3, -0.25) is 0 Å². The lowest BCUT2D eigenvalue weighted by Crippen LogP contribution is -1.98. The van der Waals surface area contributed by atoms with Gasteiger partial charge in [0, 0.05) is 17.6 Å². The molecule has 2 N–H and O–H groups in total. The Balaban J connectivity index is 1.56. The number of halogens is 1. The third-order valence-electron chi connectivity index (χ3n) is 4.30. The predicted molar refractivity (Wildman–Crippen MR) is 113 cm³/mol. The number of benzene rings is 2. The number of aromatic amines is 1. The standard InChI is InChI=1S/C20H15ClN6OS/c1-27-19(12-6-8-13(21)9-7-12)25-26-20(27)29-11-17(28)14(10-22)18-23-15-4-2-3-5-16(15)24-18/h2-9,28H,11H2,1H3,(H,23,24). The van der Waals surface area contributed by atoms with Gasteiger partial charge in [0.05, 0.1) is 16.8 Å². The van der Waals surface area contributed by atoms with Gasteiger partial charge >= 0.3 is 0 Å². The van der Waals surface area contributed by atoms with Crippen molar-refractivity contribution in [2.45, 2.75) is 5.16 Å². The van der Waals surface area contributed by atoms with Crippen LogP contribution in [0.1, 0.15) is 5.82 Å². The molecule has 0 aliphatic heterocycles. The quantitative estimate of drug-likeness (QED) is 0.277. The molecule has 4 aromatic rings. The van der Waals surface area contributed by atoms with Crippen LogP contribution < -0.4 is 0 Å². The molecule has 144 valence electrons. The number of allylic oxidation sites excluding steroid dienone is 1. The highest BCUT2D eigenvalue weighted by Gasteiger charge is 2.16. The highest BCUT2D eigenvalue weighted by atomic mass is 35.5. The number of hydrogen-bond acceptors (Lipinski definition) is 6. The van der Waals surface area contributed by atoms with E-state index in [0.29, 0.717) is 21.8 Å². The van der Waals surface area contributed by atoms with Crippen molar-refractivity contribution in [1.29, 1.82) is 5.26 Å². The maximum absolute atomic E-state index is 10.5. The fourth-order valence-electron chi connectivity index (χ4n) is 2.82. The second-order valence-electron chi connectivity index (χ2n) is 6.20. The van der Waals surface area contributed by atoms with Gasteiger partial charge < -0.3 is 14.7 Å². The minimum absolute atomic E-state index is 0.0763. The molecule has 2 aromatic carbocycles. The van der Waals surface area contributed by atoms with Gasteiger partial charge in [0.2, 0.25) is 0 Å². The summed E-state index contributed by atoms with van der Waals surface area (Å²) in [6, 6.07) is 16.8. The largest absolute Gasteiger partial charge is 0.510 e. The summed E-state index contributed by atoms with van der Waals surface area (Å²) in [5.74, 6) is 1.11. The van der Waals surface area contributed by atoms with Crippen LogP contribution in [0.15, 0.2) is 59.4 Å². The second-order valence-corrected chi connectivity index (χ2v) is 7.58. The summed E-state index contributed by atoms with van der Waals surface area (Å²) in [6.45, 7) is 0. The smallest absolute Gasteiger partial charge is 0.191 e. The van der Waals surface area contributed by atoms with Crippen LogP contribution in [-0.4, -0.2) is 35.6 Å². The van der Waals surface area contributed by atoms with Crippen molar-refractivity contribution in [2.75, 3.05) is 5.75 Å². The molecule has 9 heteroatoms. The van der Waals surface area contributed by atoms with Gasteiger partial charge in [0.1, 0.15) is 17.4 Å². The Morgan fingerprint density at radius 3 is 2.69 bits per heavy atom. The van der Waals surface area contributed by atoms with Crippen LogP contribution in [0, 0.1) is 11.3 Å². The molecule has 0 bridgehead atoms. The number of nitriles is 1. The Morgan fingerprint density at radius 1 is 1.21 bits per heavy atom. The lowest BCUT2D eigenvalue weighted by Gasteiger charge is -2.05. The van der Waals surface area contributed by atoms with Gasteiger partial charge in [-0.2, -0.15) is 5.26 Å². The van der Waals surface area contributed by atoms with E-state index in [9.17, 15) is 10.4 Å². The van der Waals surface area contributed by atoms with E-state index >= 15 is 0 Å². The maximum atomic E-state index is 10.5. The summed E-state index contributed by atoms with van der Waals surface area (Å²) < 4.78 is 1.83. The normalized spacial score (nSPS) is 12.0. The molecule has 0 radical (unpaired) electrons. The van der Waals surface area contributed by atoms with Crippen LogP contribution in [0.5, 0.6) is 0 Å². The zero-order chi connectivity index (χ0) is 20.4. The topological polar surface area (TPSA) is 103 Å². The SMILES string of the molecule is Cn1c(SCC(O)=C(C#N)c2nc3ccccc3[nH]2)nnc1-c1ccc(Cl)cc1. The van der Waals surface area contributed by atoms with Gasteiger partial charge in [-0.1, -0.05) is 35.5 Å². The van der Waals surface area contributed by atoms with Crippen molar-refractivity contribution in [3.05, 3.63) is 65.1 Å². The number of fused-ring (bicyclic) bond motifs is 1. The van der Waals surface area contributed by atoms with Crippen LogP contribution in [0.4, 0.5) is 0 Å². The van der Waals surface area contributed by atoms with E-state index in [2.05, 4.69) is 20.2 Å². The highest BCUT2D eigenvalue weighted by molar-refractivity contribution is 7.99. The van der Waals surface area contributed by atoms with Crippen molar-refractivity contribution in [1.82, 2.24) is 24.7 Å². The van der Waals surface area contributed by atoms with Crippen LogP contribution in [-0.2, 0) is 7.05 Å². The van der Waals surface area contributed by atoms with Gasteiger partial charge in [-0.25, -0.2) is 4.98 Å². The number of nitrogens with one attached hydrogen (secondary N) is 1. The molecule has 0 spiro atoms. The lowest BCUT2D eigenvalue weighted by molar-refractivity contribution is 0.420. The number of nitrogens with zero attached hydrogens (tertiary/aromatic N) is 5. The summed E-state index contributed by atoms with van der Waals surface area (Å²) in [5.41, 5.74) is 2.53. The molecule has 4 rings (SSSR count). The second kappa shape index (κ2) is 7.99. The third-order valence-corrected chi connectivity index (χ3v) is 5.59. The zero-order valence-corrected chi connectivity index (χ0v) is 16.9. The van der Waals surface area contributed by atoms with Crippen LogP contribution in [0.2, 0.25) is 5.02 Å². The molecule has 0 aliphatic rings. The molecular formula is C20H15ClN6OS. The van der Waals surface area contributed by atoms with E-state index < -0.39 is 0 Å². The van der Waals surface area contributed by atoms with Gasteiger partial charge in [-0.05, 0) is 36.4 Å². The molecular weight excluding hydrogens is 408 g/mol. The summed E-state index contributed by atoms with van der Waals surface area (Å²) in [5, 5.41) is 29.7. The Kier molecular flexibility index (Phi) is 5.25. The highest BCUT2D eigenvalue weighted by Crippen LogP contribution is 2.26. The Hall–Kier alpha value is -3.28. The maximum Gasteiger partial charge on any atom is 0.191 e. The Bertz CT molecular complexity index is 1220. The van der Waals surface area contributed by atoms with Crippen molar-refractivity contribution >= 4 is 40.0 Å². The number of imidazole rings is 1. The van der Waals surface area contributed by atoms with E-state index in [-0.39, 0.29) is 17.1 Å². The first-order valence-corrected chi connectivity index (χ1v) is 9.98. The number of aliphatic hydroxyl groups excluding tert-OH is 1. The summed E-state index contributed by atoms with van der Waals surface area (Å²) in [6.07, 6.45) is 0. The molecule has 0 aliphatic carbocycles. The first-order chi connectivity index (χ1) is 14.1. The number of rotatable bonds is 5. The van der Waals surface area contributed by atoms with E-state index in [1.165, 1.54) is 11.8 Å². The summed E-state index contributed by atoms with van der Waals surface area (Å²) >= 11 is 7.22. The van der Waals surface area contributed by atoms with Crippen LogP contribution >= 0.6 is 23.4 Å². The van der Waals surface area contributed by atoms with Crippen molar-refractivity contribution < 1.29 is 5.11 Å². The molecule has 0 saturated carbocycles. The molecule has 0 unspecified atom stereocenters. The summed E-state index contributed by atoms with van der Waals surface area (Å²) in [7, 11) is 1.84. The Morgan fingerprint density at radius 2 is 1.97 bits per heavy atom. The average molecular weight is 423 g/mol. The van der Waals surface area contributed by atoms with Crippen molar-refractivity contribution in [3.8, 4) is 17.5 Å². The fraction of sp³-hybridized carbons (Fsp3) is 0.100. The fourth-order valence-corrected chi connectivity index (χ4v) is 3.74. The molecule has 2 heterocycles. The number of para-hydroxylation sites is 2. The number of aliphatic hydroxyl groups is 1. The van der Waals surface area contributed by atoms with Gasteiger partial charge in [0.25, 0.3) is 0 Å². The number of aromatic nitrogens is 5. The molecule has 7 nitrogen and oxygen atoms in total. The predicted octanol–water partition coefficient (Wildman–Crippen LogP) is 4.60. The van der Waals surface area contributed by atoms with Gasteiger partial charge in [0.15, 0.2) is 16.8 Å². The summed E-state index contributed by atoms with van der Waals surface area (Å²) in [4.78, 5) is 7.44. The first kappa shape index (κ1) is 19.1.